The number of allylic oxidation sites excluding steroid dienone is 2. The molecule has 1 rings (SSSR count). The van der Waals surface area contributed by atoms with Crippen LogP contribution in [-0.4, -0.2) is 40.8 Å². The molecule has 2 N–H and O–H groups in total. The smallest absolute Gasteiger partial charge is 0.305 e. The molecule has 5 nitrogen and oxygen atoms in total. The number of esters is 1. The molecule has 0 amide bonds. The molecule has 0 heterocycles. The summed E-state index contributed by atoms with van der Waals surface area (Å²) in [6.45, 7) is 4.08. The van der Waals surface area contributed by atoms with E-state index in [1.54, 1.807) is 6.08 Å². The summed E-state index contributed by atoms with van der Waals surface area (Å²) in [6, 6.07) is 0. The van der Waals surface area contributed by atoms with Gasteiger partial charge in [-0.25, -0.2) is 0 Å². The average molecular weight is 395 g/mol. The molecule has 0 aromatic carbocycles. The number of rotatable bonds is 13. The minimum absolute atomic E-state index is 0.0801. The Morgan fingerprint density at radius 1 is 1.25 bits per heavy atom. The summed E-state index contributed by atoms with van der Waals surface area (Å²) in [5.74, 6) is -0.755. The Bertz CT molecular complexity index is 539. The molecule has 0 saturated heterocycles. The number of unbranched alkanes of at least 4 members (excludes halogenated alkanes) is 2. The second-order valence-electron chi connectivity index (χ2n) is 7.92. The Kier molecular flexibility index (Phi) is 11.3. The maximum atomic E-state index is 12.6. The van der Waals surface area contributed by atoms with Gasteiger partial charge < -0.3 is 14.9 Å². The highest BCUT2D eigenvalue weighted by Crippen LogP contribution is 2.32. The summed E-state index contributed by atoms with van der Waals surface area (Å²) >= 11 is 0. The van der Waals surface area contributed by atoms with Crippen molar-refractivity contribution in [1.29, 1.82) is 0 Å². The van der Waals surface area contributed by atoms with E-state index in [9.17, 15) is 19.8 Å². The molecule has 0 spiro atoms. The van der Waals surface area contributed by atoms with Crippen molar-refractivity contribution in [2.45, 2.75) is 89.8 Å². The van der Waals surface area contributed by atoms with Crippen LogP contribution in [0.1, 0.15) is 78.1 Å². The van der Waals surface area contributed by atoms with Crippen molar-refractivity contribution in [2.24, 2.45) is 11.8 Å². The van der Waals surface area contributed by atoms with Gasteiger partial charge in [-0.15, -0.1) is 0 Å². The second-order valence-corrected chi connectivity index (χ2v) is 7.92. The predicted molar refractivity (Wildman–Crippen MR) is 111 cm³/mol. The molecule has 5 heteroatoms. The van der Waals surface area contributed by atoms with E-state index in [1.807, 2.05) is 25.2 Å². The average Bonchev–Trinajstić information content (AvgIpc) is 2.96. The van der Waals surface area contributed by atoms with Crippen LogP contribution in [-0.2, 0) is 14.3 Å². The molecule has 1 fully saturated rings. The fourth-order valence-electron chi connectivity index (χ4n) is 3.66. The number of carbonyl (C=O) groups is 2. The number of ether oxygens (including phenoxy) is 1. The van der Waals surface area contributed by atoms with Crippen LogP contribution in [0.5, 0.6) is 0 Å². The Hall–Kier alpha value is -1.46. The van der Waals surface area contributed by atoms with Crippen molar-refractivity contribution < 1.29 is 24.5 Å². The van der Waals surface area contributed by atoms with E-state index in [0.717, 1.165) is 32.1 Å². The van der Waals surface area contributed by atoms with Gasteiger partial charge in [-0.3, -0.25) is 9.59 Å². The Morgan fingerprint density at radius 2 is 2.00 bits per heavy atom. The highest BCUT2D eigenvalue weighted by molar-refractivity contribution is 5.88. The summed E-state index contributed by atoms with van der Waals surface area (Å²) < 4.78 is 4.60. The molecular formula is C23H38O5. The van der Waals surface area contributed by atoms with Gasteiger partial charge in [0.25, 0.3) is 0 Å². The van der Waals surface area contributed by atoms with E-state index in [4.69, 9.17) is 0 Å². The molecule has 1 aliphatic rings. The third-order valence-corrected chi connectivity index (χ3v) is 5.73. The molecule has 0 aromatic rings. The van der Waals surface area contributed by atoms with Crippen LogP contribution in [0.4, 0.5) is 0 Å². The quantitative estimate of drug-likeness (QED) is 0.279. The monoisotopic (exact) mass is 394 g/mol. The minimum Gasteiger partial charge on any atom is -0.469 e. The maximum Gasteiger partial charge on any atom is 0.305 e. The van der Waals surface area contributed by atoms with E-state index >= 15 is 0 Å². The first-order valence-corrected chi connectivity index (χ1v) is 10.7. The molecule has 160 valence electrons. The molecule has 0 aliphatic heterocycles. The lowest BCUT2D eigenvalue weighted by atomic mass is 9.89. The normalized spacial score (nSPS) is 24.9. The summed E-state index contributed by atoms with van der Waals surface area (Å²) in [5.41, 5.74) is -0.717. The van der Waals surface area contributed by atoms with Crippen LogP contribution in [0, 0.1) is 11.8 Å². The van der Waals surface area contributed by atoms with Crippen LogP contribution in [0.2, 0.25) is 0 Å². The molecule has 28 heavy (non-hydrogen) atoms. The minimum atomic E-state index is -0.717. The maximum absolute atomic E-state index is 12.6. The zero-order valence-electron chi connectivity index (χ0n) is 17.7. The predicted octanol–water partition coefficient (Wildman–Crippen LogP) is 4.12. The van der Waals surface area contributed by atoms with Crippen molar-refractivity contribution in [3.05, 3.63) is 24.3 Å². The van der Waals surface area contributed by atoms with E-state index in [-0.39, 0.29) is 17.7 Å². The van der Waals surface area contributed by atoms with E-state index in [0.29, 0.717) is 32.1 Å². The largest absolute Gasteiger partial charge is 0.469 e. The molecule has 4 atom stereocenters. The molecule has 1 aliphatic carbocycles. The van der Waals surface area contributed by atoms with Crippen molar-refractivity contribution in [2.75, 3.05) is 7.11 Å². The van der Waals surface area contributed by atoms with Gasteiger partial charge >= 0.3 is 5.97 Å². The molecule has 0 aromatic heterocycles. The van der Waals surface area contributed by atoms with E-state index < -0.39 is 17.6 Å². The van der Waals surface area contributed by atoms with Gasteiger partial charge in [0, 0.05) is 12.3 Å². The first kappa shape index (κ1) is 24.6. The van der Waals surface area contributed by atoms with Crippen molar-refractivity contribution in [3.63, 3.8) is 0 Å². The fraction of sp³-hybridized carbons (Fsp3) is 0.739. The lowest BCUT2D eigenvalue weighted by Gasteiger charge is -2.25. The molecule has 1 unspecified atom stereocenters. The van der Waals surface area contributed by atoms with Crippen molar-refractivity contribution >= 4 is 11.8 Å². The fourth-order valence-corrected chi connectivity index (χ4v) is 3.66. The van der Waals surface area contributed by atoms with Gasteiger partial charge in [0.1, 0.15) is 5.78 Å². The topological polar surface area (TPSA) is 83.8 Å². The van der Waals surface area contributed by atoms with Crippen molar-refractivity contribution in [1.82, 2.24) is 0 Å². The van der Waals surface area contributed by atoms with Gasteiger partial charge in [-0.2, -0.15) is 0 Å². The summed E-state index contributed by atoms with van der Waals surface area (Å²) in [5, 5.41) is 20.9. The number of aliphatic hydroxyl groups excluding tert-OH is 1. The molecule has 1 saturated carbocycles. The Labute approximate surface area is 169 Å². The van der Waals surface area contributed by atoms with Gasteiger partial charge in [0.2, 0.25) is 0 Å². The highest BCUT2D eigenvalue weighted by Gasteiger charge is 2.39. The van der Waals surface area contributed by atoms with Gasteiger partial charge in [0.05, 0.1) is 24.7 Å². The highest BCUT2D eigenvalue weighted by atomic mass is 16.5. The van der Waals surface area contributed by atoms with E-state index in [2.05, 4.69) is 11.7 Å². The van der Waals surface area contributed by atoms with Gasteiger partial charge in [-0.05, 0) is 44.9 Å². The van der Waals surface area contributed by atoms with Gasteiger partial charge in [0.15, 0.2) is 0 Å². The van der Waals surface area contributed by atoms with Crippen LogP contribution < -0.4 is 0 Å². The van der Waals surface area contributed by atoms with Crippen LogP contribution in [0.25, 0.3) is 0 Å². The van der Waals surface area contributed by atoms with Gasteiger partial charge in [-0.1, -0.05) is 51.0 Å². The first-order chi connectivity index (χ1) is 13.4. The molecular weight excluding hydrogens is 356 g/mol. The van der Waals surface area contributed by atoms with Crippen molar-refractivity contribution in [3.8, 4) is 0 Å². The summed E-state index contributed by atoms with van der Waals surface area (Å²) in [6.07, 6.45) is 14.0. The zero-order chi connectivity index (χ0) is 21.0. The number of methoxy groups -OCH3 is 1. The Morgan fingerprint density at radius 3 is 2.64 bits per heavy atom. The number of carbonyl (C=O) groups excluding carboxylic acids is 2. The summed E-state index contributed by atoms with van der Waals surface area (Å²) in [4.78, 5) is 23.6. The number of ketones is 1. The zero-order valence-corrected chi connectivity index (χ0v) is 17.7. The number of hydrogen-bond donors (Lipinski definition) is 2. The van der Waals surface area contributed by atoms with Crippen LogP contribution >= 0.6 is 0 Å². The summed E-state index contributed by atoms with van der Waals surface area (Å²) in [7, 11) is 1.38. The van der Waals surface area contributed by atoms with Crippen LogP contribution in [0.3, 0.4) is 0 Å². The third-order valence-electron chi connectivity index (χ3n) is 5.73. The second kappa shape index (κ2) is 12.9. The lowest BCUT2D eigenvalue weighted by molar-refractivity contribution is -0.140. The number of Topliss-reactive ketones (excluding diaryl/α,β-unsaturated/α-hetero) is 1. The molecule has 0 radical (unpaired) electrons. The first-order valence-electron chi connectivity index (χ1n) is 10.7. The van der Waals surface area contributed by atoms with Crippen LogP contribution in [0.15, 0.2) is 24.3 Å². The third kappa shape index (κ3) is 8.27. The Balaban J connectivity index is 2.45. The van der Waals surface area contributed by atoms with E-state index in [1.165, 1.54) is 7.11 Å². The SMILES string of the molecule is CCCCC(O)(CC)CC=C[C@H]1C(=O)[C@H](CC=CCCCC(=O)OC)C[C@H]1O. The standard InChI is InChI=1S/C23H38O5/c1-4-6-15-23(27,5-2)16-11-13-19-20(24)17-18(22(19)26)12-9-7-8-10-14-21(25)28-3/h7,9,11,13,18-20,24,27H,4-6,8,10,12,14-17H2,1-3H3/t18-,19-,20-,23?/m1/s1. The molecule has 0 bridgehead atoms. The number of aliphatic hydroxyl groups is 2. The number of hydrogen-bond acceptors (Lipinski definition) is 5. The lowest BCUT2D eigenvalue weighted by Crippen LogP contribution is -2.27.